The average Bonchev–Trinajstić information content (AvgIpc) is 3.21. The summed E-state index contributed by atoms with van der Waals surface area (Å²) in [6.45, 7) is 4.01. The normalized spacial score (nSPS) is 23.4. The number of rotatable bonds is 5. The molecule has 0 saturated carbocycles. The van der Waals surface area contributed by atoms with E-state index in [0.717, 1.165) is 44.1 Å². The summed E-state index contributed by atoms with van der Waals surface area (Å²) >= 11 is 0. The predicted molar refractivity (Wildman–Crippen MR) is 111 cm³/mol. The summed E-state index contributed by atoms with van der Waals surface area (Å²) in [5, 5.41) is 16.8. The number of fused-ring (bicyclic) bond motifs is 1. The third-order valence-corrected chi connectivity index (χ3v) is 5.95. The van der Waals surface area contributed by atoms with Crippen LogP contribution in [-0.2, 0) is 10.5 Å². The van der Waals surface area contributed by atoms with E-state index in [4.69, 9.17) is 0 Å². The largest absolute Gasteiger partial charge is 0.359 e. The van der Waals surface area contributed by atoms with Crippen LogP contribution >= 0.6 is 0 Å². The smallest absolute Gasteiger partial charge is 0.329 e. The van der Waals surface area contributed by atoms with E-state index in [9.17, 15) is 23.5 Å². The van der Waals surface area contributed by atoms with Gasteiger partial charge in [-0.05, 0) is 44.1 Å². The van der Waals surface area contributed by atoms with Gasteiger partial charge in [-0.1, -0.05) is 31.2 Å². The van der Waals surface area contributed by atoms with Crippen molar-refractivity contribution in [1.82, 2.24) is 10.2 Å². The molecule has 3 amide bonds. The highest BCUT2D eigenvalue weighted by Crippen LogP contribution is 2.41. The molecule has 0 aromatic heterocycles. The fraction of sp³-hybridized carbons (Fsp3) is 0.364. The molecule has 164 valence electrons. The minimum atomic E-state index is -2.64. The summed E-state index contributed by atoms with van der Waals surface area (Å²) in [6, 6.07) is 8.27. The van der Waals surface area contributed by atoms with Gasteiger partial charge in [-0.15, -0.1) is 0 Å². The number of benzene rings is 2. The first-order valence-electron chi connectivity index (χ1n) is 10.3. The molecule has 7 nitrogen and oxygen atoms in total. The molecule has 1 saturated heterocycles. The predicted octanol–water partition coefficient (Wildman–Crippen LogP) is 2.76. The zero-order valence-corrected chi connectivity index (χ0v) is 17.1. The summed E-state index contributed by atoms with van der Waals surface area (Å²) < 4.78 is 29.2. The van der Waals surface area contributed by atoms with E-state index >= 15 is 0 Å². The zero-order chi connectivity index (χ0) is 22.2. The minimum Gasteiger partial charge on any atom is -0.359 e. The molecule has 1 fully saturated rings. The van der Waals surface area contributed by atoms with Gasteiger partial charge in [0.25, 0.3) is 11.6 Å². The molecule has 0 unspecified atom stereocenters. The average molecular weight is 430 g/mol. The van der Waals surface area contributed by atoms with Gasteiger partial charge in [-0.25, -0.2) is 18.5 Å². The molecular formula is C22H24F2N4O3. The Bertz CT molecular complexity index is 998. The van der Waals surface area contributed by atoms with Gasteiger partial charge >= 0.3 is 6.03 Å². The van der Waals surface area contributed by atoms with E-state index < -0.39 is 35.0 Å². The number of para-hydroxylation sites is 2. The van der Waals surface area contributed by atoms with Crippen LogP contribution in [0.3, 0.4) is 0 Å². The third-order valence-electron chi connectivity index (χ3n) is 5.95. The van der Waals surface area contributed by atoms with E-state index in [1.807, 2.05) is 6.92 Å². The Hall–Kier alpha value is -3.04. The zero-order valence-electron chi connectivity index (χ0n) is 17.1. The second-order valence-corrected chi connectivity index (χ2v) is 7.69. The molecule has 3 N–H and O–H groups in total. The summed E-state index contributed by atoms with van der Waals surface area (Å²) in [5.41, 5.74) is -3.23. The molecule has 2 aromatic rings. The highest BCUT2D eigenvalue weighted by atomic mass is 19.1. The van der Waals surface area contributed by atoms with Crippen LogP contribution in [0, 0.1) is 11.6 Å². The number of likely N-dealkylation sites (tertiary alicyclic amines) is 1. The maximum absolute atomic E-state index is 14.6. The van der Waals surface area contributed by atoms with Crippen LogP contribution < -0.4 is 15.5 Å². The molecule has 2 aliphatic heterocycles. The number of nitrogens with zero attached hydrogens (tertiary/aromatic N) is 2. The monoisotopic (exact) mass is 430 g/mol. The van der Waals surface area contributed by atoms with E-state index in [2.05, 4.69) is 15.5 Å². The van der Waals surface area contributed by atoms with Gasteiger partial charge < -0.3 is 15.7 Å². The van der Waals surface area contributed by atoms with E-state index in [0.29, 0.717) is 4.90 Å². The van der Waals surface area contributed by atoms with Crippen LogP contribution in [0.5, 0.6) is 0 Å². The maximum atomic E-state index is 14.6. The Morgan fingerprint density at radius 1 is 1.23 bits per heavy atom. The first-order valence-corrected chi connectivity index (χ1v) is 10.3. The van der Waals surface area contributed by atoms with Crippen molar-refractivity contribution < 1.29 is 23.5 Å². The van der Waals surface area contributed by atoms with Crippen molar-refractivity contribution in [3.8, 4) is 0 Å². The molecule has 9 heteroatoms. The molecule has 4 rings (SSSR count). The summed E-state index contributed by atoms with van der Waals surface area (Å²) in [5.74, 6) is -3.08. The molecule has 0 radical (unpaired) electrons. The van der Waals surface area contributed by atoms with E-state index in [1.165, 1.54) is 12.1 Å². The van der Waals surface area contributed by atoms with Gasteiger partial charge in [0.1, 0.15) is 17.3 Å². The van der Waals surface area contributed by atoms with Crippen molar-refractivity contribution in [2.45, 2.75) is 31.5 Å². The van der Waals surface area contributed by atoms with Gasteiger partial charge in [0, 0.05) is 18.2 Å². The van der Waals surface area contributed by atoms with Gasteiger partial charge in [0.05, 0.1) is 5.69 Å². The fourth-order valence-corrected chi connectivity index (χ4v) is 4.40. The summed E-state index contributed by atoms with van der Waals surface area (Å²) in [6.07, 6.45) is 1.88. The number of likely N-dealkylation sites (N-methyl/N-ethyl adjacent to an activating group) is 1. The van der Waals surface area contributed by atoms with Crippen LogP contribution in [0.25, 0.3) is 0 Å². The van der Waals surface area contributed by atoms with E-state index in [1.54, 1.807) is 12.1 Å². The van der Waals surface area contributed by atoms with Gasteiger partial charge in [0.2, 0.25) is 0 Å². The van der Waals surface area contributed by atoms with Gasteiger partial charge in [0.15, 0.2) is 0 Å². The summed E-state index contributed by atoms with van der Waals surface area (Å²) in [7, 11) is 0. The second-order valence-electron chi connectivity index (χ2n) is 7.69. The Labute approximate surface area is 178 Å². The molecule has 2 heterocycles. The highest BCUT2D eigenvalue weighted by molar-refractivity contribution is 6.12. The lowest BCUT2D eigenvalue weighted by Crippen LogP contribution is -2.63. The van der Waals surface area contributed by atoms with Crippen molar-refractivity contribution in [3.05, 3.63) is 59.7 Å². The standard InChI is InChI=1S/C22H24F2N4O3/c1-2-27-12-6-7-14(27)13-25-20(29)22(31)15-8-3-4-11-18(15)26-21(30)28(22)19-16(23)9-5-10-17(19)24/h3-5,8-11,14,31H,2,6-7,12-13H2,1H3,(H,25,29)(H,26,30)/t14-,22+/m0/s1. The number of carbonyl (C=O) groups excluding carboxylic acids is 2. The summed E-state index contributed by atoms with van der Waals surface area (Å²) in [4.78, 5) is 28.9. The van der Waals surface area contributed by atoms with Crippen LogP contribution in [-0.4, -0.2) is 47.6 Å². The topological polar surface area (TPSA) is 84.9 Å². The second kappa shape index (κ2) is 8.24. The van der Waals surface area contributed by atoms with E-state index in [-0.39, 0.29) is 23.8 Å². The molecule has 2 aliphatic rings. The lowest BCUT2D eigenvalue weighted by Gasteiger charge is -2.42. The highest BCUT2D eigenvalue weighted by Gasteiger charge is 2.53. The lowest BCUT2D eigenvalue weighted by molar-refractivity contribution is -0.140. The first-order chi connectivity index (χ1) is 14.9. The van der Waals surface area contributed by atoms with Crippen LogP contribution in [0.4, 0.5) is 25.0 Å². The molecule has 0 aliphatic carbocycles. The Morgan fingerprint density at radius 3 is 2.65 bits per heavy atom. The van der Waals surface area contributed by atoms with Crippen molar-refractivity contribution in [3.63, 3.8) is 0 Å². The van der Waals surface area contributed by atoms with Gasteiger partial charge in [-0.3, -0.25) is 9.69 Å². The van der Waals surface area contributed by atoms with Crippen molar-refractivity contribution in [2.24, 2.45) is 0 Å². The molecule has 0 spiro atoms. The lowest BCUT2D eigenvalue weighted by atomic mass is 9.94. The molecule has 2 aromatic carbocycles. The number of halogens is 2. The number of aliphatic hydroxyl groups is 1. The molecule has 31 heavy (non-hydrogen) atoms. The fourth-order valence-electron chi connectivity index (χ4n) is 4.40. The molecular weight excluding hydrogens is 406 g/mol. The number of amides is 3. The minimum absolute atomic E-state index is 0.0218. The van der Waals surface area contributed by atoms with Crippen LogP contribution in [0.1, 0.15) is 25.3 Å². The molecule has 2 atom stereocenters. The first kappa shape index (κ1) is 21.2. The number of hydrogen-bond acceptors (Lipinski definition) is 4. The Morgan fingerprint density at radius 2 is 1.94 bits per heavy atom. The van der Waals surface area contributed by atoms with Crippen molar-refractivity contribution >= 4 is 23.3 Å². The number of urea groups is 1. The Balaban J connectivity index is 1.76. The van der Waals surface area contributed by atoms with Crippen molar-refractivity contribution in [1.29, 1.82) is 0 Å². The van der Waals surface area contributed by atoms with Crippen LogP contribution in [0.2, 0.25) is 0 Å². The Kier molecular flexibility index (Phi) is 5.63. The number of nitrogens with one attached hydrogen (secondary N) is 2. The quantitative estimate of drug-likeness (QED) is 0.681. The van der Waals surface area contributed by atoms with Crippen molar-refractivity contribution in [2.75, 3.05) is 29.9 Å². The van der Waals surface area contributed by atoms with Gasteiger partial charge in [-0.2, -0.15) is 0 Å². The SMILES string of the molecule is CCN1CCC[C@H]1CNC(=O)[C@]1(O)c2ccccc2NC(=O)N1c1c(F)cccc1F. The molecule has 0 bridgehead atoms. The maximum Gasteiger partial charge on any atom is 0.329 e. The number of carbonyl (C=O) groups is 2. The van der Waals surface area contributed by atoms with Crippen LogP contribution in [0.15, 0.2) is 42.5 Å². The number of anilines is 2. The third kappa shape index (κ3) is 3.53. The number of hydrogen-bond donors (Lipinski definition) is 3.